The molecule has 0 unspecified atom stereocenters. The number of carboxylic acids is 1. The molecule has 34 heavy (non-hydrogen) atoms. The second kappa shape index (κ2) is 9.76. The molecule has 2 aromatic carbocycles. The fourth-order valence-corrected chi connectivity index (χ4v) is 6.04. The zero-order valence-corrected chi connectivity index (χ0v) is 20.1. The van der Waals surface area contributed by atoms with Gasteiger partial charge in [-0.05, 0) is 81.6 Å². The number of ether oxygens (including phenoxy) is 1. The van der Waals surface area contributed by atoms with Crippen LogP contribution < -0.4 is 4.74 Å². The van der Waals surface area contributed by atoms with Crippen molar-refractivity contribution in [2.24, 2.45) is 0 Å². The number of benzene rings is 2. The van der Waals surface area contributed by atoms with Gasteiger partial charge < -0.3 is 14.4 Å². The number of aliphatic carboxylic acids is 1. The maximum Gasteiger partial charge on any atom is 0.303 e. The van der Waals surface area contributed by atoms with Crippen LogP contribution in [0.4, 0.5) is 4.39 Å². The van der Waals surface area contributed by atoms with E-state index in [0.717, 1.165) is 16.6 Å². The van der Waals surface area contributed by atoms with Crippen LogP contribution in [0.15, 0.2) is 53.4 Å². The van der Waals surface area contributed by atoms with E-state index in [2.05, 4.69) is 4.57 Å². The molecule has 4 rings (SSSR count). The summed E-state index contributed by atoms with van der Waals surface area (Å²) in [7, 11) is -3.64. The van der Waals surface area contributed by atoms with Gasteiger partial charge in [0.25, 0.3) is 0 Å². The molecular weight excluding hydrogens is 459 g/mol. The van der Waals surface area contributed by atoms with Crippen LogP contribution in [0.2, 0.25) is 0 Å². The van der Waals surface area contributed by atoms with Gasteiger partial charge in [-0.1, -0.05) is 0 Å². The predicted octanol–water partition coefficient (Wildman–Crippen LogP) is 4.61. The van der Waals surface area contributed by atoms with Gasteiger partial charge in [0.15, 0.2) is 0 Å². The normalized spacial score (nSPS) is 15.8. The van der Waals surface area contributed by atoms with Gasteiger partial charge >= 0.3 is 5.97 Å². The van der Waals surface area contributed by atoms with Crippen LogP contribution in [0.1, 0.15) is 44.8 Å². The van der Waals surface area contributed by atoms with E-state index >= 15 is 0 Å². The molecule has 2 heterocycles. The highest BCUT2D eigenvalue weighted by molar-refractivity contribution is 7.89. The van der Waals surface area contributed by atoms with Crippen LogP contribution >= 0.6 is 0 Å². The zero-order valence-electron chi connectivity index (χ0n) is 19.3. The van der Waals surface area contributed by atoms with Gasteiger partial charge in [-0.15, -0.1) is 0 Å². The molecule has 182 valence electrons. The Morgan fingerprint density at radius 2 is 1.79 bits per heavy atom. The molecule has 3 aromatic rings. The quantitative estimate of drug-likeness (QED) is 0.500. The monoisotopic (exact) mass is 488 g/mol. The summed E-state index contributed by atoms with van der Waals surface area (Å²) in [5.41, 5.74) is 1.66. The number of hydrogen-bond acceptors (Lipinski definition) is 4. The zero-order chi connectivity index (χ0) is 24.5. The summed E-state index contributed by atoms with van der Waals surface area (Å²) in [6.07, 6.45) is 1.46. The molecule has 1 saturated heterocycles. The maximum atomic E-state index is 13.8. The lowest BCUT2D eigenvalue weighted by Crippen LogP contribution is -2.39. The molecule has 9 heteroatoms. The van der Waals surface area contributed by atoms with Crippen molar-refractivity contribution in [3.63, 3.8) is 0 Å². The SMILES string of the molecule is CC(C)Oc1ccc(S(=O)(=O)N2CCC(n3c(CCC(=O)O)cc4cc(F)ccc43)CC2)cc1. The molecule has 1 aliphatic heterocycles. The molecule has 0 saturated carbocycles. The first kappa shape index (κ1) is 24.2. The number of carboxylic acid groups (broad SMARTS) is 1. The molecular formula is C25H29FN2O5S. The average molecular weight is 489 g/mol. The van der Waals surface area contributed by atoms with Crippen LogP contribution in [0.3, 0.4) is 0 Å². The highest BCUT2D eigenvalue weighted by Gasteiger charge is 2.31. The van der Waals surface area contributed by atoms with E-state index in [-0.39, 0.29) is 29.3 Å². The number of aromatic nitrogens is 1. The van der Waals surface area contributed by atoms with Gasteiger partial charge in [0.1, 0.15) is 11.6 Å². The summed E-state index contributed by atoms with van der Waals surface area (Å²) in [4.78, 5) is 11.4. The number of carbonyl (C=O) groups is 1. The molecule has 1 fully saturated rings. The van der Waals surface area contributed by atoms with E-state index in [0.29, 0.717) is 38.1 Å². The van der Waals surface area contributed by atoms with E-state index in [4.69, 9.17) is 9.84 Å². The molecule has 1 aromatic heterocycles. The average Bonchev–Trinajstić information content (AvgIpc) is 3.15. The number of fused-ring (bicyclic) bond motifs is 1. The number of hydrogen-bond donors (Lipinski definition) is 1. The summed E-state index contributed by atoms with van der Waals surface area (Å²) in [5.74, 6) is -0.619. The Bertz CT molecular complexity index is 1280. The van der Waals surface area contributed by atoms with Crippen LogP contribution in [0.25, 0.3) is 10.9 Å². The minimum absolute atomic E-state index is 0.0000222. The molecule has 1 aliphatic rings. The molecule has 1 N–H and O–H groups in total. The van der Waals surface area contributed by atoms with Crippen molar-refractivity contribution in [2.45, 2.75) is 56.6 Å². The Kier molecular flexibility index (Phi) is 6.95. The minimum Gasteiger partial charge on any atom is -0.491 e. The first-order valence-electron chi connectivity index (χ1n) is 11.4. The Labute approximate surface area is 198 Å². The van der Waals surface area contributed by atoms with Crippen molar-refractivity contribution in [1.82, 2.24) is 8.87 Å². The maximum absolute atomic E-state index is 13.8. The first-order chi connectivity index (χ1) is 16.1. The number of sulfonamides is 1. The van der Waals surface area contributed by atoms with Crippen molar-refractivity contribution in [3.05, 3.63) is 60.0 Å². The van der Waals surface area contributed by atoms with Crippen molar-refractivity contribution in [2.75, 3.05) is 13.1 Å². The Morgan fingerprint density at radius 1 is 1.12 bits per heavy atom. The molecule has 0 atom stereocenters. The van der Waals surface area contributed by atoms with E-state index in [1.54, 1.807) is 30.3 Å². The van der Waals surface area contributed by atoms with Crippen molar-refractivity contribution < 1.29 is 27.4 Å². The molecule has 0 spiro atoms. The Morgan fingerprint density at radius 3 is 2.41 bits per heavy atom. The summed E-state index contributed by atoms with van der Waals surface area (Å²) in [5, 5.41) is 9.86. The van der Waals surface area contributed by atoms with Crippen molar-refractivity contribution >= 4 is 26.9 Å². The molecule has 7 nitrogen and oxygen atoms in total. The van der Waals surface area contributed by atoms with Crippen molar-refractivity contribution in [1.29, 1.82) is 0 Å². The largest absolute Gasteiger partial charge is 0.491 e. The van der Waals surface area contributed by atoms with Gasteiger partial charge in [-0.25, -0.2) is 12.8 Å². The van der Waals surface area contributed by atoms with E-state index < -0.39 is 16.0 Å². The van der Waals surface area contributed by atoms with Crippen molar-refractivity contribution in [3.8, 4) is 5.75 Å². The van der Waals surface area contributed by atoms with Crippen LogP contribution in [-0.4, -0.2) is 47.6 Å². The third kappa shape index (κ3) is 5.10. The summed E-state index contributed by atoms with van der Waals surface area (Å²) in [6.45, 7) is 4.51. The fourth-order valence-electron chi connectivity index (χ4n) is 4.58. The van der Waals surface area contributed by atoms with Crippen LogP contribution in [0, 0.1) is 5.82 Å². The van der Waals surface area contributed by atoms with E-state index in [9.17, 15) is 17.6 Å². The summed E-state index contributed by atoms with van der Waals surface area (Å²) < 4.78 is 49.3. The third-order valence-corrected chi connectivity index (χ3v) is 8.01. The second-order valence-corrected chi connectivity index (χ2v) is 10.8. The number of aryl methyl sites for hydroxylation is 1. The Hall–Kier alpha value is -2.91. The summed E-state index contributed by atoms with van der Waals surface area (Å²) in [6, 6.07) is 12.9. The minimum atomic E-state index is -3.64. The fraction of sp³-hybridized carbons (Fsp3) is 0.400. The predicted molar refractivity (Wildman–Crippen MR) is 127 cm³/mol. The highest BCUT2D eigenvalue weighted by atomic mass is 32.2. The third-order valence-electron chi connectivity index (χ3n) is 6.10. The van der Waals surface area contributed by atoms with Gasteiger partial charge in [0.2, 0.25) is 10.0 Å². The van der Waals surface area contributed by atoms with Crippen LogP contribution in [-0.2, 0) is 21.2 Å². The number of halogens is 1. The molecule has 0 bridgehead atoms. The first-order valence-corrected chi connectivity index (χ1v) is 12.9. The lowest BCUT2D eigenvalue weighted by Gasteiger charge is -2.33. The van der Waals surface area contributed by atoms with Crippen LogP contribution in [0.5, 0.6) is 5.75 Å². The van der Waals surface area contributed by atoms with Gasteiger partial charge in [0, 0.05) is 35.7 Å². The van der Waals surface area contributed by atoms with Gasteiger partial charge in [0.05, 0.1) is 17.4 Å². The lowest BCUT2D eigenvalue weighted by molar-refractivity contribution is -0.137. The smallest absolute Gasteiger partial charge is 0.303 e. The second-order valence-electron chi connectivity index (χ2n) is 8.88. The molecule has 0 radical (unpaired) electrons. The number of piperidine rings is 1. The van der Waals surface area contributed by atoms with Gasteiger partial charge in [-0.2, -0.15) is 4.31 Å². The molecule has 0 aliphatic carbocycles. The highest BCUT2D eigenvalue weighted by Crippen LogP contribution is 2.33. The van der Waals surface area contributed by atoms with Gasteiger partial charge in [-0.3, -0.25) is 4.79 Å². The summed E-state index contributed by atoms with van der Waals surface area (Å²) >= 11 is 0. The number of nitrogens with zero attached hydrogens (tertiary/aromatic N) is 2. The number of rotatable bonds is 8. The van der Waals surface area contributed by atoms with E-state index in [1.165, 1.54) is 16.4 Å². The Balaban J connectivity index is 1.53. The standard InChI is InChI=1S/C25H29FN2O5S/c1-17(2)33-22-5-7-23(8-6-22)34(31,32)27-13-11-20(12-14-27)28-21(4-10-25(29)30)16-18-15-19(26)3-9-24(18)28/h3,5-9,15-17,20H,4,10-14H2,1-2H3,(H,29,30). The topological polar surface area (TPSA) is 88.8 Å². The lowest BCUT2D eigenvalue weighted by atomic mass is 10.1. The van der Waals surface area contributed by atoms with E-state index in [1.807, 2.05) is 19.9 Å². The molecule has 0 amide bonds.